The predicted octanol–water partition coefficient (Wildman–Crippen LogP) is 11.3. The molecule has 1 aliphatic heterocycles. The van der Waals surface area contributed by atoms with Gasteiger partial charge in [0.2, 0.25) is 0 Å². The summed E-state index contributed by atoms with van der Waals surface area (Å²) < 4.78 is 6.66. The lowest BCUT2D eigenvalue weighted by Crippen LogP contribution is -2.54. The highest BCUT2D eigenvalue weighted by molar-refractivity contribution is 6.93. The maximum absolute atomic E-state index is 14.4. The van der Waals surface area contributed by atoms with Crippen molar-refractivity contribution in [2.75, 3.05) is 0 Å². The highest BCUT2D eigenvalue weighted by atomic mass is 28.3. The van der Waals surface area contributed by atoms with Gasteiger partial charge >= 0.3 is 6.09 Å². The van der Waals surface area contributed by atoms with Gasteiger partial charge in [-0.1, -0.05) is 132 Å². The molecule has 44 heavy (non-hydrogen) atoms. The summed E-state index contributed by atoms with van der Waals surface area (Å²) in [4.78, 5) is 30.4. The zero-order chi connectivity index (χ0) is 32.8. The third-order valence-electron chi connectivity index (χ3n) is 11.8. The number of allylic oxidation sites excluding steroid dienone is 1. The Morgan fingerprint density at radius 1 is 0.932 bits per heavy atom. The quantitative estimate of drug-likeness (QED) is 0.162. The van der Waals surface area contributed by atoms with E-state index in [2.05, 4.69) is 106 Å². The number of amides is 1. The van der Waals surface area contributed by atoms with Crippen molar-refractivity contribution in [2.45, 2.75) is 168 Å². The van der Waals surface area contributed by atoms with Crippen LogP contribution >= 0.6 is 0 Å². The van der Waals surface area contributed by atoms with E-state index in [1.807, 2.05) is 11.1 Å². The maximum atomic E-state index is 14.4. The molecular formula is C39H65NO3Si. The van der Waals surface area contributed by atoms with E-state index in [4.69, 9.17) is 4.74 Å². The summed E-state index contributed by atoms with van der Waals surface area (Å²) in [6, 6.07) is 10.6. The Labute approximate surface area is 271 Å². The van der Waals surface area contributed by atoms with Gasteiger partial charge < -0.3 is 4.74 Å². The standard InChI is InChI=1S/C39H65NO3Si/c1-12-13-14-18-21-33-25-35(41)37(44(28(4)5,29(6)7)30(8)9)26-40(33)38(42)43-36-23-22-31(27(2)3)24-34(36)39(10,11)32-19-16-15-17-20-32/h15-17,19-20,26-31,33-34,36H,12-14,18,21-25H2,1-11H3/t31-,33+,34-,36-/m1/s1. The topological polar surface area (TPSA) is 46.6 Å². The second kappa shape index (κ2) is 15.6. The monoisotopic (exact) mass is 623 g/mol. The fourth-order valence-electron chi connectivity index (χ4n) is 9.23. The van der Waals surface area contributed by atoms with E-state index >= 15 is 0 Å². The minimum atomic E-state index is -2.25. The second-order valence-electron chi connectivity index (χ2n) is 15.9. The number of carbonyl (C=O) groups is 2. The summed E-state index contributed by atoms with van der Waals surface area (Å²) in [5.41, 5.74) is 2.38. The summed E-state index contributed by atoms with van der Waals surface area (Å²) in [5, 5.41) is 0.962. The Balaban J connectivity index is 2.02. The molecule has 1 aromatic carbocycles. The van der Waals surface area contributed by atoms with Gasteiger partial charge in [0.15, 0.2) is 5.78 Å². The molecule has 4 atom stereocenters. The molecule has 0 spiro atoms. The van der Waals surface area contributed by atoms with Crippen molar-refractivity contribution >= 4 is 20.0 Å². The molecule has 0 N–H and O–H groups in total. The van der Waals surface area contributed by atoms with Crippen LogP contribution in [0.1, 0.15) is 140 Å². The molecule has 5 heteroatoms. The van der Waals surface area contributed by atoms with Crippen LogP contribution in [0.4, 0.5) is 4.79 Å². The summed E-state index contributed by atoms with van der Waals surface area (Å²) in [6.45, 7) is 25.3. The van der Waals surface area contributed by atoms with Gasteiger partial charge in [-0.15, -0.1) is 0 Å². The normalized spacial score (nSPS) is 23.6. The second-order valence-corrected chi connectivity index (χ2v) is 21.8. The molecular weight excluding hydrogens is 559 g/mol. The van der Waals surface area contributed by atoms with Crippen LogP contribution < -0.4 is 0 Å². The fraction of sp³-hybridized carbons (Fsp3) is 0.744. The summed E-state index contributed by atoms with van der Waals surface area (Å²) in [6.07, 6.45) is 10.5. The van der Waals surface area contributed by atoms with Gasteiger partial charge in [-0.05, 0) is 70.3 Å². The van der Waals surface area contributed by atoms with E-state index in [1.165, 1.54) is 18.4 Å². The number of Topliss-reactive ketones (excluding diaryl/α,β-unsaturated/α-hetero) is 1. The van der Waals surface area contributed by atoms with Crippen LogP contribution in [0.2, 0.25) is 16.6 Å². The zero-order valence-electron chi connectivity index (χ0n) is 30.1. The van der Waals surface area contributed by atoms with Crippen molar-refractivity contribution in [3.8, 4) is 0 Å². The molecule has 2 aliphatic rings. The van der Waals surface area contributed by atoms with Crippen molar-refractivity contribution in [3.63, 3.8) is 0 Å². The molecule has 0 radical (unpaired) electrons. The molecule has 1 fully saturated rings. The molecule has 0 aromatic heterocycles. The van der Waals surface area contributed by atoms with Crippen LogP contribution in [-0.2, 0) is 14.9 Å². The van der Waals surface area contributed by atoms with Crippen molar-refractivity contribution in [1.82, 2.24) is 4.90 Å². The highest BCUT2D eigenvalue weighted by Crippen LogP contribution is 2.49. The van der Waals surface area contributed by atoms with Crippen LogP contribution in [0.3, 0.4) is 0 Å². The molecule has 1 saturated carbocycles. The lowest BCUT2D eigenvalue weighted by Gasteiger charge is -2.48. The van der Waals surface area contributed by atoms with E-state index < -0.39 is 8.07 Å². The van der Waals surface area contributed by atoms with Crippen LogP contribution in [0.5, 0.6) is 0 Å². The van der Waals surface area contributed by atoms with Gasteiger partial charge in [-0.25, -0.2) is 4.79 Å². The van der Waals surface area contributed by atoms with Gasteiger partial charge in [0, 0.05) is 24.6 Å². The molecule has 1 aliphatic carbocycles. The number of hydrogen-bond donors (Lipinski definition) is 0. The van der Waals surface area contributed by atoms with Crippen molar-refractivity contribution in [3.05, 3.63) is 47.3 Å². The number of carbonyl (C=O) groups excluding carboxylic acids is 2. The molecule has 248 valence electrons. The third-order valence-corrected chi connectivity index (χ3v) is 18.9. The Kier molecular flexibility index (Phi) is 13.0. The first-order chi connectivity index (χ1) is 20.7. The molecule has 0 bridgehead atoms. The summed E-state index contributed by atoms with van der Waals surface area (Å²) in [7, 11) is -2.25. The Hall–Kier alpha value is -1.88. The smallest absolute Gasteiger partial charge is 0.414 e. The fourth-order valence-corrected chi connectivity index (χ4v) is 16.0. The zero-order valence-corrected chi connectivity index (χ0v) is 31.1. The number of ketones is 1. The average Bonchev–Trinajstić information content (AvgIpc) is 2.96. The van der Waals surface area contributed by atoms with Crippen LogP contribution in [0.25, 0.3) is 0 Å². The lowest BCUT2D eigenvalue weighted by molar-refractivity contribution is -0.117. The number of benzene rings is 1. The van der Waals surface area contributed by atoms with Crippen LogP contribution in [-0.4, -0.2) is 37.0 Å². The molecule has 0 saturated heterocycles. The molecule has 1 amide bonds. The average molecular weight is 624 g/mol. The molecule has 4 nitrogen and oxygen atoms in total. The van der Waals surface area contributed by atoms with Gasteiger partial charge in [0.05, 0.1) is 0 Å². The Morgan fingerprint density at radius 2 is 1.55 bits per heavy atom. The first-order valence-electron chi connectivity index (χ1n) is 18.0. The SMILES string of the molecule is CCCCCC[C@H]1CC(=O)C([Si](C(C)C)(C(C)C)C(C)C)=CN1C(=O)O[C@@H]1CC[C@@H](C(C)C)C[C@H]1C(C)(C)c1ccccc1. The number of hydrogen-bond acceptors (Lipinski definition) is 3. The number of ether oxygens (including phenoxy) is 1. The van der Waals surface area contributed by atoms with Gasteiger partial charge in [-0.3, -0.25) is 9.69 Å². The van der Waals surface area contributed by atoms with Crippen molar-refractivity contribution < 1.29 is 14.3 Å². The highest BCUT2D eigenvalue weighted by Gasteiger charge is 2.51. The van der Waals surface area contributed by atoms with E-state index in [1.54, 1.807) is 0 Å². The van der Waals surface area contributed by atoms with Crippen molar-refractivity contribution in [1.29, 1.82) is 0 Å². The van der Waals surface area contributed by atoms with E-state index in [0.29, 0.717) is 34.9 Å². The van der Waals surface area contributed by atoms with E-state index in [0.717, 1.165) is 43.7 Å². The van der Waals surface area contributed by atoms with Gasteiger partial charge in [0.1, 0.15) is 14.2 Å². The van der Waals surface area contributed by atoms with Gasteiger partial charge in [-0.2, -0.15) is 0 Å². The minimum absolute atomic E-state index is 0.124. The first-order valence-corrected chi connectivity index (χ1v) is 20.2. The molecule has 1 heterocycles. The van der Waals surface area contributed by atoms with E-state index in [-0.39, 0.29) is 35.4 Å². The van der Waals surface area contributed by atoms with Gasteiger partial charge in [0.25, 0.3) is 0 Å². The maximum Gasteiger partial charge on any atom is 0.414 e. The molecule has 1 aromatic rings. The third kappa shape index (κ3) is 7.73. The Morgan fingerprint density at radius 3 is 2.09 bits per heavy atom. The predicted molar refractivity (Wildman–Crippen MR) is 189 cm³/mol. The molecule has 3 rings (SSSR count). The summed E-state index contributed by atoms with van der Waals surface area (Å²) >= 11 is 0. The first kappa shape index (κ1) is 36.6. The lowest BCUT2D eigenvalue weighted by atomic mass is 9.62. The summed E-state index contributed by atoms with van der Waals surface area (Å²) in [5.74, 6) is 1.73. The van der Waals surface area contributed by atoms with Crippen molar-refractivity contribution in [2.24, 2.45) is 17.8 Å². The van der Waals surface area contributed by atoms with E-state index in [9.17, 15) is 9.59 Å². The Bertz CT molecular complexity index is 1080. The molecule has 0 unspecified atom stereocenters. The number of unbranched alkanes of at least 4 members (excludes halogenated alkanes) is 3. The van der Waals surface area contributed by atoms with Crippen LogP contribution in [0.15, 0.2) is 41.7 Å². The largest absolute Gasteiger partial charge is 0.446 e. The number of nitrogens with zero attached hydrogens (tertiary/aromatic N) is 1. The minimum Gasteiger partial charge on any atom is -0.446 e. The van der Waals surface area contributed by atoms with Crippen LogP contribution in [0, 0.1) is 17.8 Å². The number of rotatable bonds is 13.